The molecular weight excluding hydrogens is 256 g/mol. The summed E-state index contributed by atoms with van der Waals surface area (Å²) in [5.74, 6) is 0. The Bertz CT molecular complexity index is 755. The largest absolute Gasteiger partial charge is 0.390 e. The summed E-state index contributed by atoms with van der Waals surface area (Å²) in [7, 11) is 0. The number of aryl methyl sites for hydroxylation is 3. The molecule has 2 aromatic heterocycles. The SMILES string of the molecule is Cc1ccc(-c2c(C)sc3nc(CO)cn23)cc1C. The second-order valence-corrected chi connectivity index (χ2v) is 6.03. The van der Waals surface area contributed by atoms with Gasteiger partial charge in [0.15, 0.2) is 4.96 Å². The molecule has 3 nitrogen and oxygen atoms in total. The molecule has 0 bridgehead atoms. The molecule has 19 heavy (non-hydrogen) atoms. The first-order chi connectivity index (χ1) is 9.10. The van der Waals surface area contributed by atoms with E-state index in [1.165, 1.54) is 27.3 Å². The van der Waals surface area contributed by atoms with Crippen LogP contribution in [0.3, 0.4) is 0 Å². The lowest BCUT2D eigenvalue weighted by Gasteiger charge is -2.06. The van der Waals surface area contributed by atoms with Gasteiger partial charge in [0, 0.05) is 11.1 Å². The summed E-state index contributed by atoms with van der Waals surface area (Å²) in [6, 6.07) is 6.51. The zero-order valence-corrected chi connectivity index (χ0v) is 12.1. The van der Waals surface area contributed by atoms with Gasteiger partial charge in [-0.25, -0.2) is 4.98 Å². The molecule has 0 spiro atoms. The highest BCUT2D eigenvalue weighted by atomic mass is 32.1. The van der Waals surface area contributed by atoms with Gasteiger partial charge in [-0.2, -0.15) is 0 Å². The second kappa shape index (κ2) is 4.47. The van der Waals surface area contributed by atoms with Gasteiger partial charge in [0.2, 0.25) is 0 Å². The molecule has 3 aromatic rings. The van der Waals surface area contributed by atoms with Crippen molar-refractivity contribution < 1.29 is 5.11 Å². The number of hydrogen-bond donors (Lipinski definition) is 1. The highest BCUT2D eigenvalue weighted by Crippen LogP contribution is 2.32. The van der Waals surface area contributed by atoms with E-state index in [0.717, 1.165) is 10.7 Å². The van der Waals surface area contributed by atoms with Crippen LogP contribution in [0, 0.1) is 20.8 Å². The molecule has 1 N–H and O–H groups in total. The van der Waals surface area contributed by atoms with Gasteiger partial charge in [-0.05, 0) is 43.5 Å². The third-order valence-electron chi connectivity index (χ3n) is 3.48. The van der Waals surface area contributed by atoms with Crippen LogP contribution in [0.1, 0.15) is 21.7 Å². The molecule has 3 rings (SSSR count). The highest BCUT2D eigenvalue weighted by molar-refractivity contribution is 7.17. The molecule has 0 atom stereocenters. The van der Waals surface area contributed by atoms with E-state index in [9.17, 15) is 5.11 Å². The monoisotopic (exact) mass is 272 g/mol. The molecule has 0 aliphatic rings. The van der Waals surface area contributed by atoms with Crippen LogP contribution in [0.25, 0.3) is 16.2 Å². The average Bonchev–Trinajstić information content (AvgIpc) is 2.89. The van der Waals surface area contributed by atoms with E-state index in [-0.39, 0.29) is 6.61 Å². The number of rotatable bonds is 2. The molecule has 0 saturated heterocycles. The molecule has 0 radical (unpaired) electrons. The number of nitrogens with zero attached hydrogens (tertiary/aromatic N) is 2. The van der Waals surface area contributed by atoms with Crippen LogP contribution < -0.4 is 0 Å². The van der Waals surface area contributed by atoms with E-state index in [1.807, 2.05) is 6.20 Å². The standard InChI is InChI=1S/C15H16N2OS/c1-9-4-5-12(6-10(9)2)14-11(3)19-15-16-13(8-18)7-17(14)15/h4-7,18H,8H2,1-3H3. The van der Waals surface area contributed by atoms with Crippen molar-refractivity contribution in [2.24, 2.45) is 0 Å². The van der Waals surface area contributed by atoms with E-state index in [4.69, 9.17) is 0 Å². The van der Waals surface area contributed by atoms with Crippen LogP contribution in [-0.2, 0) is 6.61 Å². The van der Waals surface area contributed by atoms with Gasteiger partial charge in [0.1, 0.15) is 0 Å². The van der Waals surface area contributed by atoms with E-state index < -0.39 is 0 Å². The van der Waals surface area contributed by atoms with Crippen LogP contribution in [0.15, 0.2) is 24.4 Å². The maximum Gasteiger partial charge on any atom is 0.194 e. The lowest BCUT2D eigenvalue weighted by atomic mass is 10.0. The summed E-state index contributed by atoms with van der Waals surface area (Å²) in [6.07, 6.45) is 1.92. The molecule has 1 aromatic carbocycles. The summed E-state index contributed by atoms with van der Waals surface area (Å²) < 4.78 is 2.08. The molecular formula is C15H16N2OS. The van der Waals surface area contributed by atoms with Crippen LogP contribution in [-0.4, -0.2) is 14.5 Å². The minimum atomic E-state index is -0.0141. The minimum absolute atomic E-state index is 0.0141. The number of imidazole rings is 1. The fourth-order valence-electron chi connectivity index (χ4n) is 2.30. The molecule has 0 amide bonds. The third kappa shape index (κ3) is 1.97. The number of thiazole rings is 1. The lowest BCUT2D eigenvalue weighted by molar-refractivity contribution is 0.277. The smallest absolute Gasteiger partial charge is 0.194 e. The molecule has 2 heterocycles. The Morgan fingerprint density at radius 3 is 2.68 bits per heavy atom. The predicted molar refractivity (Wildman–Crippen MR) is 78.6 cm³/mol. The van der Waals surface area contributed by atoms with Crippen LogP contribution >= 0.6 is 11.3 Å². The second-order valence-electron chi connectivity index (χ2n) is 4.85. The van der Waals surface area contributed by atoms with Crippen molar-refractivity contribution >= 4 is 16.3 Å². The van der Waals surface area contributed by atoms with Crippen molar-refractivity contribution in [3.63, 3.8) is 0 Å². The fraction of sp³-hybridized carbons (Fsp3) is 0.267. The van der Waals surface area contributed by atoms with Gasteiger partial charge in [-0.1, -0.05) is 12.1 Å². The van der Waals surface area contributed by atoms with Crippen molar-refractivity contribution in [1.82, 2.24) is 9.38 Å². The Morgan fingerprint density at radius 2 is 2.00 bits per heavy atom. The molecule has 0 aliphatic carbocycles. The van der Waals surface area contributed by atoms with E-state index in [1.54, 1.807) is 11.3 Å². The number of fused-ring (bicyclic) bond motifs is 1. The van der Waals surface area contributed by atoms with Gasteiger partial charge in [-0.3, -0.25) is 4.40 Å². The van der Waals surface area contributed by atoms with E-state index in [0.29, 0.717) is 0 Å². The number of hydrogen-bond acceptors (Lipinski definition) is 3. The van der Waals surface area contributed by atoms with E-state index in [2.05, 4.69) is 48.4 Å². The summed E-state index contributed by atoms with van der Waals surface area (Å²) in [5.41, 5.74) is 5.69. The van der Waals surface area contributed by atoms with Crippen molar-refractivity contribution in [3.05, 3.63) is 46.1 Å². The molecule has 98 valence electrons. The lowest BCUT2D eigenvalue weighted by Crippen LogP contribution is -1.89. The Hall–Kier alpha value is -1.65. The van der Waals surface area contributed by atoms with Crippen LogP contribution in [0.5, 0.6) is 0 Å². The number of aromatic nitrogens is 2. The molecule has 0 saturated carbocycles. The summed E-state index contributed by atoms with van der Waals surface area (Å²) in [6.45, 7) is 6.35. The third-order valence-corrected chi connectivity index (χ3v) is 4.45. The summed E-state index contributed by atoms with van der Waals surface area (Å²) >= 11 is 1.66. The van der Waals surface area contributed by atoms with Crippen LogP contribution in [0.2, 0.25) is 0 Å². The topological polar surface area (TPSA) is 37.5 Å². The summed E-state index contributed by atoms with van der Waals surface area (Å²) in [5, 5.41) is 9.20. The predicted octanol–water partition coefficient (Wildman–Crippen LogP) is 3.48. The van der Waals surface area contributed by atoms with Gasteiger partial charge in [0.05, 0.1) is 18.0 Å². The van der Waals surface area contributed by atoms with Gasteiger partial charge < -0.3 is 5.11 Å². The highest BCUT2D eigenvalue weighted by Gasteiger charge is 2.13. The Balaban J connectivity index is 2.25. The molecule has 0 aliphatic heterocycles. The van der Waals surface area contributed by atoms with Gasteiger partial charge >= 0.3 is 0 Å². The molecule has 0 fully saturated rings. The first-order valence-electron chi connectivity index (χ1n) is 6.26. The molecule has 0 unspecified atom stereocenters. The Labute approximate surface area is 116 Å². The Morgan fingerprint density at radius 1 is 1.21 bits per heavy atom. The maximum atomic E-state index is 9.20. The van der Waals surface area contributed by atoms with Crippen molar-refractivity contribution in [2.75, 3.05) is 0 Å². The normalized spacial score (nSPS) is 11.4. The van der Waals surface area contributed by atoms with Crippen molar-refractivity contribution in [2.45, 2.75) is 27.4 Å². The van der Waals surface area contributed by atoms with Crippen molar-refractivity contribution in [3.8, 4) is 11.3 Å². The van der Waals surface area contributed by atoms with E-state index >= 15 is 0 Å². The maximum absolute atomic E-state index is 9.20. The number of aliphatic hydroxyl groups is 1. The zero-order valence-electron chi connectivity index (χ0n) is 11.3. The number of benzene rings is 1. The number of aliphatic hydroxyl groups excluding tert-OH is 1. The summed E-state index contributed by atoms with van der Waals surface area (Å²) in [4.78, 5) is 6.59. The zero-order chi connectivity index (χ0) is 13.6. The van der Waals surface area contributed by atoms with Gasteiger partial charge in [-0.15, -0.1) is 11.3 Å². The quantitative estimate of drug-likeness (QED) is 0.775. The van der Waals surface area contributed by atoms with Crippen LogP contribution in [0.4, 0.5) is 0 Å². The minimum Gasteiger partial charge on any atom is -0.390 e. The van der Waals surface area contributed by atoms with Crippen molar-refractivity contribution in [1.29, 1.82) is 0 Å². The van der Waals surface area contributed by atoms with Gasteiger partial charge in [0.25, 0.3) is 0 Å². The molecule has 4 heteroatoms. The first-order valence-corrected chi connectivity index (χ1v) is 7.07. The first kappa shape index (κ1) is 12.4. The average molecular weight is 272 g/mol. The Kier molecular flexibility index (Phi) is 2.92. The fourth-order valence-corrected chi connectivity index (χ4v) is 3.30.